The Kier molecular flexibility index (Phi) is 5.58. The monoisotopic (exact) mass is 281 g/mol. The second kappa shape index (κ2) is 7.42. The van der Waals surface area contributed by atoms with Gasteiger partial charge in [-0.1, -0.05) is 67.4 Å². The minimum Gasteiger partial charge on any atom is -0.310 e. The molecule has 0 amide bonds. The fourth-order valence-corrected chi connectivity index (χ4v) is 2.91. The van der Waals surface area contributed by atoms with Gasteiger partial charge in [0.05, 0.1) is 0 Å². The fraction of sp³-hybridized carbons (Fsp3) is 0.400. The maximum atomic E-state index is 3.63. The van der Waals surface area contributed by atoms with Gasteiger partial charge in [-0.25, -0.2) is 0 Å². The number of rotatable bonds is 6. The molecule has 1 atom stereocenters. The summed E-state index contributed by atoms with van der Waals surface area (Å²) in [4.78, 5) is 0. The van der Waals surface area contributed by atoms with Gasteiger partial charge < -0.3 is 5.32 Å². The number of likely N-dealkylation sites (N-methyl/N-ethyl adjacent to an activating group) is 1. The van der Waals surface area contributed by atoms with E-state index < -0.39 is 0 Å². The van der Waals surface area contributed by atoms with E-state index in [4.69, 9.17) is 0 Å². The Morgan fingerprint density at radius 2 is 1.43 bits per heavy atom. The molecular formula is C20H27N. The van der Waals surface area contributed by atoms with Crippen molar-refractivity contribution < 1.29 is 0 Å². The maximum Gasteiger partial charge on any atom is 0.0360 e. The van der Waals surface area contributed by atoms with E-state index in [1.165, 1.54) is 27.8 Å². The first-order valence-electron chi connectivity index (χ1n) is 8.01. The van der Waals surface area contributed by atoms with E-state index in [0.29, 0.717) is 6.04 Å². The molecule has 0 aliphatic heterocycles. The van der Waals surface area contributed by atoms with Gasteiger partial charge in [0.2, 0.25) is 0 Å². The fourth-order valence-electron chi connectivity index (χ4n) is 2.91. The van der Waals surface area contributed by atoms with Crippen molar-refractivity contribution in [1.29, 1.82) is 0 Å². The van der Waals surface area contributed by atoms with E-state index >= 15 is 0 Å². The van der Waals surface area contributed by atoms with Crippen LogP contribution in [0.1, 0.15) is 47.7 Å². The Morgan fingerprint density at radius 3 is 1.95 bits per heavy atom. The smallest absolute Gasteiger partial charge is 0.0360 e. The Balaban J connectivity index is 2.21. The zero-order chi connectivity index (χ0) is 15.2. The standard InChI is InChI=1S/C20H27N/c1-5-17-7-9-18(10-8-17)14-20(21-6-2)19-12-15(3)11-16(4)13-19/h7-13,20-21H,5-6,14H2,1-4H3. The van der Waals surface area contributed by atoms with Crippen LogP contribution in [0.2, 0.25) is 0 Å². The van der Waals surface area contributed by atoms with E-state index in [2.05, 4.69) is 75.5 Å². The van der Waals surface area contributed by atoms with Gasteiger partial charge >= 0.3 is 0 Å². The van der Waals surface area contributed by atoms with Crippen LogP contribution in [-0.2, 0) is 12.8 Å². The average Bonchev–Trinajstić information content (AvgIpc) is 2.46. The van der Waals surface area contributed by atoms with Gasteiger partial charge in [0.1, 0.15) is 0 Å². The van der Waals surface area contributed by atoms with Crippen LogP contribution in [-0.4, -0.2) is 6.54 Å². The van der Waals surface area contributed by atoms with Gasteiger partial charge in [-0.05, 0) is 49.9 Å². The highest BCUT2D eigenvalue weighted by Crippen LogP contribution is 2.21. The van der Waals surface area contributed by atoms with Crippen molar-refractivity contribution in [1.82, 2.24) is 5.32 Å². The van der Waals surface area contributed by atoms with Crippen molar-refractivity contribution in [2.75, 3.05) is 6.54 Å². The molecule has 0 saturated carbocycles. The molecule has 0 spiro atoms. The molecule has 2 aromatic rings. The number of aryl methyl sites for hydroxylation is 3. The molecule has 0 radical (unpaired) electrons. The van der Waals surface area contributed by atoms with E-state index in [1.807, 2.05) is 0 Å². The van der Waals surface area contributed by atoms with Crippen LogP contribution in [0.5, 0.6) is 0 Å². The lowest BCUT2D eigenvalue weighted by molar-refractivity contribution is 0.549. The van der Waals surface area contributed by atoms with Crippen LogP contribution < -0.4 is 5.32 Å². The number of hydrogen-bond acceptors (Lipinski definition) is 1. The maximum absolute atomic E-state index is 3.63. The number of benzene rings is 2. The SMILES string of the molecule is CCNC(Cc1ccc(CC)cc1)c1cc(C)cc(C)c1. The lowest BCUT2D eigenvalue weighted by atomic mass is 9.95. The van der Waals surface area contributed by atoms with Crippen molar-refractivity contribution >= 4 is 0 Å². The third kappa shape index (κ3) is 4.44. The van der Waals surface area contributed by atoms with Crippen LogP contribution in [0.4, 0.5) is 0 Å². The highest BCUT2D eigenvalue weighted by atomic mass is 14.9. The first-order valence-corrected chi connectivity index (χ1v) is 8.01. The van der Waals surface area contributed by atoms with Crippen molar-refractivity contribution in [3.05, 3.63) is 70.3 Å². The molecule has 0 heterocycles. The van der Waals surface area contributed by atoms with Crippen molar-refractivity contribution in [3.8, 4) is 0 Å². The van der Waals surface area contributed by atoms with Gasteiger partial charge in [0.25, 0.3) is 0 Å². The Morgan fingerprint density at radius 1 is 0.857 bits per heavy atom. The molecule has 0 fully saturated rings. The molecule has 1 nitrogen and oxygen atoms in total. The van der Waals surface area contributed by atoms with E-state index in [1.54, 1.807) is 0 Å². The second-order valence-corrected chi connectivity index (χ2v) is 5.91. The van der Waals surface area contributed by atoms with Crippen LogP contribution in [0, 0.1) is 13.8 Å². The average molecular weight is 281 g/mol. The third-order valence-corrected chi connectivity index (χ3v) is 3.97. The van der Waals surface area contributed by atoms with Gasteiger partial charge in [-0.15, -0.1) is 0 Å². The van der Waals surface area contributed by atoms with Gasteiger partial charge in [-0.3, -0.25) is 0 Å². The summed E-state index contributed by atoms with van der Waals surface area (Å²) in [5.41, 5.74) is 6.89. The zero-order valence-corrected chi connectivity index (χ0v) is 13.7. The molecule has 0 saturated heterocycles. The summed E-state index contributed by atoms with van der Waals surface area (Å²) in [5, 5.41) is 3.63. The molecule has 1 unspecified atom stereocenters. The van der Waals surface area contributed by atoms with Crippen molar-refractivity contribution in [2.24, 2.45) is 0 Å². The highest BCUT2D eigenvalue weighted by molar-refractivity contribution is 5.32. The van der Waals surface area contributed by atoms with Crippen LogP contribution >= 0.6 is 0 Å². The summed E-state index contributed by atoms with van der Waals surface area (Å²) >= 11 is 0. The summed E-state index contributed by atoms with van der Waals surface area (Å²) in [6.45, 7) is 9.72. The lowest BCUT2D eigenvalue weighted by Crippen LogP contribution is -2.23. The number of hydrogen-bond donors (Lipinski definition) is 1. The molecule has 0 bridgehead atoms. The molecule has 0 aromatic heterocycles. The minimum atomic E-state index is 0.390. The second-order valence-electron chi connectivity index (χ2n) is 5.91. The minimum absolute atomic E-state index is 0.390. The van der Waals surface area contributed by atoms with Crippen LogP contribution in [0.25, 0.3) is 0 Å². The first-order chi connectivity index (χ1) is 10.1. The molecule has 1 N–H and O–H groups in total. The van der Waals surface area contributed by atoms with Gasteiger partial charge in [0.15, 0.2) is 0 Å². The predicted octanol–water partition coefficient (Wildman–Crippen LogP) is 4.76. The summed E-state index contributed by atoms with van der Waals surface area (Å²) in [6, 6.07) is 16.3. The molecule has 112 valence electrons. The summed E-state index contributed by atoms with van der Waals surface area (Å²) < 4.78 is 0. The number of nitrogens with one attached hydrogen (secondary N) is 1. The Labute approximate surface area is 129 Å². The molecule has 0 aliphatic carbocycles. The van der Waals surface area contributed by atoms with Gasteiger partial charge in [-0.2, -0.15) is 0 Å². The van der Waals surface area contributed by atoms with E-state index in [0.717, 1.165) is 19.4 Å². The topological polar surface area (TPSA) is 12.0 Å². The summed E-state index contributed by atoms with van der Waals surface area (Å²) in [6.07, 6.45) is 2.15. The van der Waals surface area contributed by atoms with E-state index in [9.17, 15) is 0 Å². The van der Waals surface area contributed by atoms with Crippen molar-refractivity contribution in [2.45, 2.75) is 46.6 Å². The molecule has 0 aliphatic rings. The normalized spacial score (nSPS) is 12.4. The largest absolute Gasteiger partial charge is 0.310 e. The lowest BCUT2D eigenvalue weighted by Gasteiger charge is -2.20. The van der Waals surface area contributed by atoms with Crippen LogP contribution in [0.15, 0.2) is 42.5 Å². The molecule has 2 rings (SSSR count). The quantitative estimate of drug-likeness (QED) is 0.805. The van der Waals surface area contributed by atoms with Crippen molar-refractivity contribution in [3.63, 3.8) is 0 Å². The van der Waals surface area contributed by atoms with E-state index in [-0.39, 0.29) is 0 Å². The zero-order valence-electron chi connectivity index (χ0n) is 13.7. The molecule has 1 heteroatoms. The third-order valence-electron chi connectivity index (χ3n) is 3.97. The molecule has 21 heavy (non-hydrogen) atoms. The predicted molar refractivity (Wildman–Crippen MR) is 91.9 cm³/mol. The molecule has 2 aromatic carbocycles. The van der Waals surface area contributed by atoms with Gasteiger partial charge in [0, 0.05) is 6.04 Å². The van der Waals surface area contributed by atoms with Crippen LogP contribution in [0.3, 0.4) is 0 Å². The summed E-state index contributed by atoms with van der Waals surface area (Å²) in [5.74, 6) is 0. The Hall–Kier alpha value is -1.60. The summed E-state index contributed by atoms with van der Waals surface area (Å²) in [7, 11) is 0. The molecular weight excluding hydrogens is 254 g/mol. The highest BCUT2D eigenvalue weighted by Gasteiger charge is 2.12. The first kappa shape index (κ1) is 15.8. The Bertz CT molecular complexity index is 549.